The lowest BCUT2D eigenvalue weighted by molar-refractivity contribution is -0.136. The van der Waals surface area contributed by atoms with Gasteiger partial charge in [-0.2, -0.15) is 0 Å². The number of thiophene rings is 1. The highest BCUT2D eigenvalue weighted by Gasteiger charge is 2.34. The third kappa shape index (κ3) is 5.78. The standard InChI is InChI=1S/C29H33FN2O3S/c1-19(2)21-7-11-24(12-8-21)35-18-26-25-14-16-36-27(25)13-15-31(26)28(33)17-32(20(3)4)29(34)22-5-9-23(30)10-6-22/h5-12,14,16,19-20,26H,13,15,17-18H2,1-4H3/t26-/m1/s1. The lowest BCUT2D eigenvalue weighted by Gasteiger charge is -2.37. The van der Waals surface area contributed by atoms with E-state index in [1.807, 2.05) is 30.9 Å². The van der Waals surface area contributed by atoms with E-state index in [1.165, 1.54) is 34.7 Å². The molecule has 0 spiro atoms. The number of benzene rings is 2. The number of rotatable bonds is 8. The second-order valence-electron chi connectivity index (χ2n) is 9.72. The van der Waals surface area contributed by atoms with E-state index in [2.05, 4.69) is 37.4 Å². The van der Waals surface area contributed by atoms with Gasteiger partial charge in [-0.1, -0.05) is 26.0 Å². The Bertz CT molecular complexity index is 1190. The van der Waals surface area contributed by atoms with Crippen molar-refractivity contribution in [3.63, 3.8) is 0 Å². The molecule has 5 nitrogen and oxygen atoms in total. The second-order valence-corrected chi connectivity index (χ2v) is 10.7. The summed E-state index contributed by atoms with van der Waals surface area (Å²) in [5.74, 6) is 0.398. The van der Waals surface area contributed by atoms with Gasteiger partial charge in [0.15, 0.2) is 0 Å². The lowest BCUT2D eigenvalue weighted by Crippen LogP contribution is -2.49. The van der Waals surface area contributed by atoms with Crippen LogP contribution in [0.2, 0.25) is 0 Å². The largest absolute Gasteiger partial charge is 0.491 e. The van der Waals surface area contributed by atoms with Crippen LogP contribution in [-0.2, 0) is 11.2 Å². The molecule has 0 radical (unpaired) electrons. The molecule has 190 valence electrons. The molecule has 0 saturated heterocycles. The van der Waals surface area contributed by atoms with Gasteiger partial charge in [0.2, 0.25) is 5.91 Å². The maximum Gasteiger partial charge on any atom is 0.254 e. The van der Waals surface area contributed by atoms with Gasteiger partial charge in [-0.3, -0.25) is 9.59 Å². The normalized spacial score (nSPS) is 15.2. The minimum absolute atomic E-state index is 0.0487. The third-order valence-electron chi connectivity index (χ3n) is 6.65. The van der Waals surface area contributed by atoms with Gasteiger partial charge in [0.25, 0.3) is 5.91 Å². The minimum Gasteiger partial charge on any atom is -0.491 e. The Morgan fingerprint density at radius 2 is 1.75 bits per heavy atom. The van der Waals surface area contributed by atoms with Crippen molar-refractivity contribution in [2.45, 2.75) is 52.1 Å². The van der Waals surface area contributed by atoms with Gasteiger partial charge >= 0.3 is 0 Å². The third-order valence-corrected chi connectivity index (χ3v) is 7.65. The van der Waals surface area contributed by atoms with Gasteiger partial charge in [0.1, 0.15) is 24.7 Å². The van der Waals surface area contributed by atoms with Crippen molar-refractivity contribution in [2.24, 2.45) is 0 Å². The molecule has 0 unspecified atom stereocenters. The first kappa shape index (κ1) is 25.9. The molecule has 3 aromatic rings. The number of carbonyl (C=O) groups is 2. The summed E-state index contributed by atoms with van der Waals surface area (Å²) in [7, 11) is 0. The van der Waals surface area contributed by atoms with Crippen molar-refractivity contribution in [3.05, 3.63) is 87.4 Å². The summed E-state index contributed by atoms with van der Waals surface area (Å²) in [5.41, 5.74) is 2.72. The summed E-state index contributed by atoms with van der Waals surface area (Å²) in [6, 6.07) is 15.2. The molecule has 1 aliphatic rings. The van der Waals surface area contributed by atoms with Crippen LogP contribution < -0.4 is 4.74 Å². The molecule has 36 heavy (non-hydrogen) atoms. The smallest absolute Gasteiger partial charge is 0.254 e. The first-order valence-electron chi connectivity index (χ1n) is 12.4. The van der Waals surface area contributed by atoms with Gasteiger partial charge in [-0.25, -0.2) is 4.39 Å². The summed E-state index contributed by atoms with van der Waals surface area (Å²) >= 11 is 1.70. The van der Waals surface area contributed by atoms with Gasteiger partial charge in [0.05, 0.1) is 6.04 Å². The van der Waals surface area contributed by atoms with Crippen LogP contribution in [0, 0.1) is 5.82 Å². The van der Waals surface area contributed by atoms with Crippen molar-refractivity contribution >= 4 is 23.2 Å². The summed E-state index contributed by atoms with van der Waals surface area (Å²) in [6.07, 6.45) is 0.784. The molecule has 1 aromatic heterocycles. The van der Waals surface area contributed by atoms with Gasteiger partial charge < -0.3 is 14.5 Å². The number of hydrogen-bond acceptors (Lipinski definition) is 4. The molecular weight excluding hydrogens is 475 g/mol. The molecule has 7 heteroatoms. The zero-order valence-corrected chi connectivity index (χ0v) is 22.1. The molecule has 0 bridgehead atoms. The van der Waals surface area contributed by atoms with E-state index in [4.69, 9.17) is 4.74 Å². The number of hydrogen-bond donors (Lipinski definition) is 0. The predicted octanol–water partition coefficient (Wildman–Crippen LogP) is 6.07. The highest BCUT2D eigenvalue weighted by molar-refractivity contribution is 7.10. The Balaban J connectivity index is 1.51. The van der Waals surface area contributed by atoms with Crippen LogP contribution in [0.3, 0.4) is 0 Å². The monoisotopic (exact) mass is 508 g/mol. The zero-order chi connectivity index (χ0) is 25.8. The van der Waals surface area contributed by atoms with Crippen molar-refractivity contribution in [1.29, 1.82) is 0 Å². The topological polar surface area (TPSA) is 49.9 Å². The summed E-state index contributed by atoms with van der Waals surface area (Å²) in [4.78, 5) is 31.4. The molecule has 4 rings (SSSR count). The van der Waals surface area contributed by atoms with Crippen LogP contribution in [0.15, 0.2) is 60.0 Å². The predicted molar refractivity (Wildman–Crippen MR) is 141 cm³/mol. The molecule has 0 N–H and O–H groups in total. The molecule has 2 aromatic carbocycles. The maximum atomic E-state index is 13.6. The number of fused-ring (bicyclic) bond motifs is 1. The average Bonchev–Trinajstić information content (AvgIpc) is 3.35. The summed E-state index contributed by atoms with van der Waals surface area (Å²) in [6.45, 7) is 8.93. The van der Waals surface area contributed by atoms with Crippen molar-refractivity contribution < 1.29 is 18.7 Å². The molecule has 2 amide bonds. The van der Waals surface area contributed by atoms with E-state index < -0.39 is 5.82 Å². The number of carbonyl (C=O) groups excluding carboxylic acids is 2. The zero-order valence-electron chi connectivity index (χ0n) is 21.2. The summed E-state index contributed by atoms with van der Waals surface area (Å²) in [5, 5.41) is 2.06. The van der Waals surface area contributed by atoms with Crippen LogP contribution >= 0.6 is 11.3 Å². The Morgan fingerprint density at radius 3 is 2.39 bits per heavy atom. The SMILES string of the molecule is CC(C)c1ccc(OC[C@@H]2c3ccsc3CCN2C(=O)CN(C(=O)c2ccc(F)cc2)C(C)C)cc1. The van der Waals surface area contributed by atoms with Gasteiger partial charge in [-0.15, -0.1) is 11.3 Å². The fourth-order valence-electron chi connectivity index (χ4n) is 4.48. The molecule has 1 aliphatic heterocycles. The first-order chi connectivity index (χ1) is 17.2. The van der Waals surface area contributed by atoms with E-state index in [-0.39, 0.29) is 30.4 Å². The average molecular weight is 509 g/mol. The minimum atomic E-state index is -0.403. The van der Waals surface area contributed by atoms with E-state index in [1.54, 1.807) is 16.2 Å². The number of amides is 2. The highest BCUT2D eigenvalue weighted by atomic mass is 32.1. The Labute approximate surface area is 216 Å². The Kier molecular flexibility index (Phi) is 8.09. The highest BCUT2D eigenvalue weighted by Crippen LogP contribution is 2.34. The number of ether oxygens (including phenoxy) is 1. The molecule has 0 aliphatic carbocycles. The quantitative estimate of drug-likeness (QED) is 0.371. The molecule has 2 heterocycles. The van der Waals surface area contributed by atoms with Crippen molar-refractivity contribution in [3.8, 4) is 5.75 Å². The molecule has 0 fully saturated rings. The van der Waals surface area contributed by atoms with Gasteiger partial charge in [-0.05, 0) is 85.2 Å². The fourth-order valence-corrected chi connectivity index (χ4v) is 5.41. The van der Waals surface area contributed by atoms with Crippen molar-refractivity contribution in [1.82, 2.24) is 9.80 Å². The Hall–Kier alpha value is -3.19. The first-order valence-corrected chi connectivity index (χ1v) is 13.3. The van der Waals surface area contributed by atoms with E-state index in [0.29, 0.717) is 24.6 Å². The second kappa shape index (κ2) is 11.2. The van der Waals surface area contributed by atoms with Crippen LogP contribution in [0.5, 0.6) is 5.75 Å². The van der Waals surface area contributed by atoms with Crippen LogP contribution in [0.25, 0.3) is 0 Å². The van der Waals surface area contributed by atoms with Crippen LogP contribution in [0.4, 0.5) is 4.39 Å². The molecule has 1 atom stereocenters. The Morgan fingerprint density at radius 1 is 1.06 bits per heavy atom. The van der Waals surface area contributed by atoms with E-state index in [0.717, 1.165) is 17.7 Å². The molecule has 0 saturated carbocycles. The number of nitrogens with zero attached hydrogens (tertiary/aromatic N) is 2. The summed E-state index contributed by atoms with van der Waals surface area (Å²) < 4.78 is 19.5. The van der Waals surface area contributed by atoms with Crippen LogP contribution in [-0.4, -0.2) is 47.4 Å². The maximum absolute atomic E-state index is 13.6. The van der Waals surface area contributed by atoms with E-state index >= 15 is 0 Å². The van der Waals surface area contributed by atoms with Crippen LogP contribution in [0.1, 0.15) is 66.0 Å². The van der Waals surface area contributed by atoms with Crippen molar-refractivity contribution in [2.75, 3.05) is 19.7 Å². The lowest BCUT2D eigenvalue weighted by atomic mass is 10.00. The number of halogens is 1. The van der Waals surface area contributed by atoms with Gasteiger partial charge in [0, 0.05) is 23.0 Å². The van der Waals surface area contributed by atoms with E-state index in [9.17, 15) is 14.0 Å². The molecular formula is C29H33FN2O3S. The fraction of sp³-hybridized carbons (Fsp3) is 0.379.